The molecule has 0 fully saturated rings. The molecule has 0 amide bonds. The zero-order chi connectivity index (χ0) is 7.78. The summed E-state index contributed by atoms with van der Waals surface area (Å²) in [6.45, 7) is 0. The number of allylic oxidation sites excluding steroid dienone is 6. The molecule has 0 bridgehead atoms. The fraction of sp³-hybridized carbons (Fsp3) is 0.364. The second kappa shape index (κ2) is 5.96. The molecule has 0 atom stereocenters. The van der Waals surface area contributed by atoms with Crippen LogP contribution in [0.5, 0.6) is 0 Å². The van der Waals surface area contributed by atoms with Crippen LogP contribution in [0, 0.1) is 6.42 Å². The minimum Gasteiger partial charge on any atom is -0.0882 e. The van der Waals surface area contributed by atoms with Crippen molar-refractivity contribution < 1.29 is 0 Å². The van der Waals surface area contributed by atoms with Crippen molar-refractivity contribution in [2.75, 3.05) is 0 Å². The third kappa shape index (κ3) is 4.60. The van der Waals surface area contributed by atoms with E-state index in [1.807, 2.05) is 0 Å². The van der Waals surface area contributed by atoms with Gasteiger partial charge in [-0.2, -0.15) is 0 Å². The Labute approximate surface area is 69.3 Å². The van der Waals surface area contributed by atoms with Crippen LogP contribution in [0.3, 0.4) is 0 Å². The van der Waals surface area contributed by atoms with E-state index in [2.05, 4.69) is 42.9 Å². The molecule has 1 aliphatic carbocycles. The first kappa shape index (κ1) is 8.32. The van der Waals surface area contributed by atoms with Crippen LogP contribution in [0.15, 0.2) is 36.5 Å². The van der Waals surface area contributed by atoms with Gasteiger partial charge in [-0.1, -0.05) is 36.5 Å². The zero-order valence-corrected chi connectivity index (χ0v) is 6.87. The third-order valence-electron chi connectivity index (χ3n) is 1.65. The van der Waals surface area contributed by atoms with Crippen LogP contribution >= 0.6 is 0 Å². The molecule has 0 heterocycles. The molecule has 0 heteroatoms. The first-order valence-corrected chi connectivity index (χ1v) is 4.28. The van der Waals surface area contributed by atoms with Crippen LogP contribution in [0.25, 0.3) is 0 Å². The van der Waals surface area contributed by atoms with Crippen molar-refractivity contribution in [3.8, 4) is 0 Å². The fourth-order valence-electron chi connectivity index (χ4n) is 1.03. The molecule has 59 valence electrons. The van der Waals surface area contributed by atoms with Gasteiger partial charge in [0.2, 0.25) is 0 Å². The second-order valence-corrected chi connectivity index (χ2v) is 2.66. The lowest BCUT2D eigenvalue weighted by Gasteiger charge is -1.87. The Morgan fingerprint density at radius 3 is 2.27 bits per heavy atom. The number of hydrogen-bond acceptors (Lipinski definition) is 0. The van der Waals surface area contributed by atoms with Gasteiger partial charge in [0.25, 0.3) is 0 Å². The normalized spacial score (nSPS) is 28.4. The van der Waals surface area contributed by atoms with Gasteiger partial charge < -0.3 is 0 Å². The molecular weight excluding hydrogens is 132 g/mol. The lowest BCUT2D eigenvalue weighted by Crippen LogP contribution is -1.69. The molecule has 0 saturated carbocycles. The van der Waals surface area contributed by atoms with Crippen molar-refractivity contribution in [3.05, 3.63) is 42.9 Å². The molecule has 0 saturated heterocycles. The summed E-state index contributed by atoms with van der Waals surface area (Å²) in [6.07, 6.45) is 20.0. The van der Waals surface area contributed by atoms with Crippen LogP contribution in [0.2, 0.25) is 0 Å². The molecule has 0 aromatic heterocycles. The zero-order valence-electron chi connectivity index (χ0n) is 6.87. The van der Waals surface area contributed by atoms with E-state index in [-0.39, 0.29) is 0 Å². The first-order valence-electron chi connectivity index (χ1n) is 4.28. The van der Waals surface area contributed by atoms with Gasteiger partial charge in [0, 0.05) is 0 Å². The Kier molecular flexibility index (Phi) is 4.51. The second-order valence-electron chi connectivity index (χ2n) is 2.66. The maximum absolute atomic E-state index is 2.25. The summed E-state index contributed by atoms with van der Waals surface area (Å²) in [5.41, 5.74) is 0. The molecule has 1 rings (SSSR count). The van der Waals surface area contributed by atoms with E-state index in [9.17, 15) is 0 Å². The smallest absolute Gasteiger partial charge is 0.0167 e. The van der Waals surface area contributed by atoms with Crippen LogP contribution in [0.1, 0.15) is 25.7 Å². The summed E-state index contributed by atoms with van der Waals surface area (Å²) in [4.78, 5) is 0. The lowest BCUT2D eigenvalue weighted by molar-refractivity contribution is 0.998. The molecular formula is C11H15. The number of rotatable bonds is 0. The van der Waals surface area contributed by atoms with E-state index in [0.29, 0.717) is 0 Å². The topological polar surface area (TPSA) is 0 Å². The average Bonchev–Trinajstić information content (AvgIpc) is 2.08. The van der Waals surface area contributed by atoms with E-state index in [4.69, 9.17) is 0 Å². The standard InChI is InChI=1S/C11H15/c1-2-4-6-8-10-11-9-7-5-3-1/h1-3,6,8-9,11H,4-5,7,10H2/b2-1-,8-6-,11-9-. The van der Waals surface area contributed by atoms with Crippen LogP contribution in [0.4, 0.5) is 0 Å². The van der Waals surface area contributed by atoms with Crippen molar-refractivity contribution in [2.45, 2.75) is 25.7 Å². The summed E-state index contributed by atoms with van der Waals surface area (Å²) in [5, 5.41) is 0. The van der Waals surface area contributed by atoms with Crippen LogP contribution in [-0.4, -0.2) is 0 Å². The Morgan fingerprint density at radius 2 is 1.36 bits per heavy atom. The van der Waals surface area contributed by atoms with Crippen molar-refractivity contribution >= 4 is 0 Å². The SMILES string of the molecule is [CH]1/C=C\C/C=C\C/C=C\CC1. The Balaban J connectivity index is 2.34. The number of hydrogen-bond donors (Lipinski definition) is 0. The molecule has 1 aliphatic rings. The first-order chi connectivity index (χ1) is 5.50. The van der Waals surface area contributed by atoms with Gasteiger partial charge in [-0.25, -0.2) is 0 Å². The summed E-state index contributed by atoms with van der Waals surface area (Å²) >= 11 is 0. The highest BCUT2D eigenvalue weighted by atomic mass is 13.9. The van der Waals surface area contributed by atoms with Gasteiger partial charge in [-0.15, -0.1) is 0 Å². The average molecular weight is 147 g/mol. The molecule has 0 aromatic carbocycles. The summed E-state index contributed by atoms with van der Waals surface area (Å²) in [7, 11) is 0. The molecule has 0 unspecified atom stereocenters. The molecule has 0 N–H and O–H groups in total. The Hall–Kier alpha value is -0.780. The van der Waals surface area contributed by atoms with Crippen molar-refractivity contribution in [1.82, 2.24) is 0 Å². The van der Waals surface area contributed by atoms with Crippen molar-refractivity contribution in [2.24, 2.45) is 0 Å². The largest absolute Gasteiger partial charge is 0.0882 e. The quantitative estimate of drug-likeness (QED) is 0.460. The summed E-state index contributed by atoms with van der Waals surface area (Å²) in [6, 6.07) is 0. The highest BCUT2D eigenvalue weighted by Crippen LogP contribution is 2.01. The predicted molar refractivity (Wildman–Crippen MR) is 50.2 cm³/mol. The van der Waals surface area contributed by atoms with E-state index < -0.39 is 0 Å². The molecule has 0 aromatic rings. The maximum atomic E-state index is 2.25. The summed E-state index contributed by atoms with van der Waals surface area (Å²) < 4.78 is 0. The highest BCUT2D eigenvalue weighted by Gasteiger charge is 1.82. The highest BCUT2D eigenvalue weighted by molar-refractivity contribution is 5.03. The molecule has 0 spiro atoms. The minimum atomic E-state index is 1.07. The fourth-order valence-corrected chi connectivity index (χ4v) is 1.03. The molecule has 1 radical (unpaired) electrons. The monoisotopic (exact) mass is 147 g/mol. The van der Waals surface area contributed by atoms with Gasteiger partial charge in [0.1, 0.15) is 0 Å². The van der Waals surface area contributed by atoms with Gasteiger partial charge in [-0.3, -0.25) is 0 Å². The Bertz CT molecular complexity index is 143. The minimum absolute atomic E-state index is 1.07. The molecule has 0 nitrogen and oxygen atoms in total. The molecule has 11 heavy (non-hydrogen) atoms. The van der Waals surface area contributed by atoms with Gasteiger partial charge in [0.05, 0.1) is 0 Å². The predicted octanol–water partition coefficient (Wildman–Crippen LogP) is 3.43. The Morgan fingerprint density at radius 1 is 0.636 bits per heavy atom. The summed E-state index contributed by atoms with van der Waals surface area (Å²) in [5.74, 6) is 0. The van der Waals surface area contributed by atoms with Gasteiger partial charge in [0.15, 0.2) is 0 Å². The molecule has 0 aliphatic heterocycles. The van der Waals surface area contributed by atoms with E-state index in [0.717, 1.165) is 12.8 Å². The maximum Gasteiger partial charge on any atom is -0.0167 e. The van der Waals surface area contributed by atoms with E-state index in [1.165, 1.54) is 12.8 Å². The van der Waals surface area contributed by atoms with Crippen molar-refractivity contribution in [3.63, 3.8) is 0 Å². The van der Waals surface area contributed by atoms with Crippen molar-refractivity contribution in [1.29, 1.82) is 0 Å². The van der Waals surface area contributed by atoms with E-state index in [1.54, 1.807) is 0 Å². The van der Waals surface area contributed by atoms with E-state index >= 15 is 0 Å². The van der Waals surface area contributed by atoms with Crippen LogP contribution < -0.4 is 0 Å². The van der Waals surface area contributed by atoms with Crippen LogP contribution in [-0.2, 0) is 0 Å². The van der Waals surface area contributed by atoms with Gasteiger partial charge in [-0.05, 0) is 32.1 Å². The third-order valence-corrected chi connectivity index (χ3v) is 1.65. The van der Waals surface area contributed by atoms with Gasteiger partial charge >= 0.3 is 0 Å². The lowest BCUT2D eigenvalue weighted by atomic mass is 10.2.